The van der Waals surface area contributed by atoms with Crippen LogP contribution >= 0.6 is 23.1 Å². The molecule has 0 aliphatic heterocycles. The van der Waals surface area contributed by atoms with Gasteiger partial charge in [0.25, 0.3) is 0 Å². The van der Waals surface area contributed by atoms with Crippen LogP contribution in [-0.2, 0) is 4.79 Å². The molecule has 124 valence electrons. The molecule has 2 aromatic heterocycles. The van der Waals surface area contributed by atoms with E-state index in [4.69, 9.17) is 0 Å². The SMILES string of the molecule is Cc1cccc(-n2c(SCCC(=O)[O-])nnc2-c2cccs2)c1C. The smallest absolute Gasteiger partial charge is 0.196 e. The van der Waals surface area contributed by atoms with Gasteiger partial charge in [0, 0.05) is 11.7 Å². The minimum Gasteiger partial charge on any atom is -0.550 e. The van der Waals surface area contributed by atoms with E-state index >= 15 is 0 Å². The maximum absolute atomic E-state index is 10.7. The summed E-state index contributed by atoms with van der Waals surface area (Å²) in [4.78, 5) is 11.7. The summed E-state index contributed by atoms with van der Waals surface area (Å²) < 4.78 is 2.01. The van der Waals surface area contributed by atoms with Crippen LogP contribution in [0.5, 0.6) is 0 Å². The first-order valence-electron chi connectivity index (χ1n) is 7.46. The molecule has 0 spiro atoms. The van der Waals surface area contributed by atoms with Crippen LogP contribution < -0.4 is 5.11 Å². The van der Waals surface area contributed by atoms with Gasteiger partial charge in [-0.1, -0.05) is 30.0 Å². The van der Waals surface area contributed by atoms with Gasteiger partial charge in [-0.15, -0.1) is 21.5 Å². The Hall–Kier alpha value is -2.12. The summed E-state index contributed by atoms with van der Waals surface area (Å²) in [5.74, 6) is 0.115. The lowest BCUT2D eigenvalue weighted by molar-refractivity contribution is -0.305. The number of hydrogen-bond acceptors (Lipinski definition) is 6. The number of thiophene rings is 1. The van der Waals surface area contributed by atoms with Gasteiger partial charge in [-0.2, -0.15) is 0 Å². The Labute approximate surface area is 148 Å². The van der Waals surface area contributed by atoms with E-state index < -0.39 is 5.97 Å². The second kappa shape index (κ2) is 7.19. The number of carbonyl (C=O) groups is 1. The molecule has 1 aromatic carbocycles. The fourth-order valence-electron chi connectivity index (χ4n) is 2.35. The van der Waals surface area contributed by atoms with E-state index in [0.29, 0.717) is 10.9 Å². The van der Waals surface area contributed by atoms with E-state index in [2.05, 4.69) is 30.1 Å². The number of nitrogens with zero attached hydrogens (tertiary/aromatic N) is 3. The molecule has 0 saturated heterocycles. The van der Waals surface area contributed by atoms with E-state index in [1.54, 1.807) is 11.3 Å². The van der Waals surface area contributed by atoms with Crippen LogP contribution in [0.2, 0.25) is 0 Å². The molecule has 0 unspecified atom stereocenters. The highest BCUT2D eigenvalue weighted by molar-refractivity contribution is 7.99. The van der Waals surface area contributed by atoms with Crippen molar-refractivity contribution in [1.29, 1.82) is 0 Å². The molecule has 0 aliphatic carbocycles. The zero-order valence-corrected chi connectivity index (χ0v) is 15.0. The van der Waals surface area contributed by atoms with Crippen molar-refractivity contribution < 1.29 is 9.90 Å². The van der Waals surface area contributed by atoms with Crippen molar-refractivity contribution in [3.63, 3.8) is 0 Å². The standard InChI is InChI=1S/C17H17N3O2S2/c1-11-5-3-6-13(12(11)2)20-16(14-7-4-9-23-14)18-19-17(20)24-10-8-15(21)22/h3-7,9H,8,10H2,1-2H3,(H,21,22)/p-1. The van der Waals surface area contributed by atoms with Crippen molar-refractivity contribution >= 4 is 29.1 Å². The number of carboxylic acids is 1. The molecular formula is C17H16N3O2S2-. The number of aromatic nitrogens is 3. The van der Waals surface area contributed by atoms with Crippen molar-refractivity contribution in [1.82, 2.24) is 14.8 Å². The second-order valence-electron chi connectivity index (χ2n) is 5.31. The Bertz CT molecular complexity index is 857. The van der Waals surface area contributed by atoms with Crippen LogP contribution in [0.4, 0.5) is 0 Å². The van der Waals surface area contributed by atoms with E-state index in [1.807, 2.05) is 34.2 Å². The average Bonchev–Trinajstić information content (AvgIpc) is 3.19. The number of carboxylic acid groups (broad SMARTS) is 1. The highest BCUT2D eigenvalue weighted by atomic mass is 32.2. The minimum absolute atomic E-state index is 0.0152. The average molecular weight is 358 g/mol. The fourth-order valence-corrected chi connectivity index (χ4v) is 3.91. The Morgan fingerprint density at radius 2 is 2.08 bits per heavy atom. The van der Waals surface area contributed by atoms with E-state index in [1.165, 1.54) is 17.3 Å². The van der Waals surface area contributed by atoms with Gasteiger partial charge < -0.3 is 9.90 Å². The molecule has 24 heavy (non-hydrogen) atoms. The molecule has 0 N–H and O–H groups in total. The summed E-state index contributed by atoms with van der Waals surface area (Å²) in [6.45, 7) is 4.13. The lowest BCUT2D eigenvalue weighted by Gasteiger charge is -2.14. The number of benzene rings is 1. The third kappa shape index (κ3) is 3.37. The number of aryl methyl sites for hydroxylation is 1. The summed E-state index contributed by atoms with van der Waals surface area (Å²) in [6, 6.07) is 10.1. The second-order valence-corrected chi connectivity index (χ2v) is 7.32. The van der Waals surface area contributed by atoms with Gasteiger partial charge >= 0.3 is 0 Å². The van der Waals surface area contributed by atoms with Crippen molar-refractivity contribution in [2.24, 2.45) is 0 Å². The molecule has 3 rings (SSSR count). The molecule has 2 heterocycles. The summed E-state index contributed by atoms with van der Waals surface area (Å²) >= 11 is 2.98. The van der Waals surface area contributed by atoms with Crippen molar-refractivity contribution in [2.45, 2.75) is 25.4 Å². The predicted molar refractivity (Wildman–Crippen MR) is 94.5 cm³/mol. The van der Waals surface area contributed by atoms with Gasteiger partial charge in [-0.05, 0) is 48.9 Å². The van der Waals surface area contributed by atoms with Crippen LogP contribution in [0.15, 0.2) is 40.9 Å². The first-order valence-corrected chi connectivity index (χ1v) is 9.33. The van der Waals surface area contributed by atoms with Crippen LogP contribution in [-0.4, -0.2) is 26.5 Å². The summed E-state index contributed by atoms with van der Waals surface area (Å²) in [7, 11) is 0. The zero-order chi connectivity index (χ0) is 17.1. The molecule has 3 aromatic rings. The van der Waals surface area contributed by atoms with E-state index in [0.717, 1.165) is 22.0 Å². The number of thioether (sulfide) groups is 1. The third-order valence-corrected chi connectivity index (χ3v) is 5.53. The monoisotopic (exact) mass is 358 g/mol. The normalized spacial score (nSPS) is 10.9. The Kier molecular flexibility index (Phi) is 5.01. The maximum Gasteiger partial charge on any atom is 0.196 e. The summed E-state index contributed by atoms with van der Waals surface area (Å²) in [6.07, 6.45) is -0.0152. The number of hydrogen-bond donors (Lipinski definition) is 0. The molecule has 0 bridgehead atoms. The Balaban J connectivity index is 2.07. The lowest BCUT2D eigenvalue weighted by atomic mass is 10.1. The quantitative estimate of drug-likeness (QED) is 0.634. The predicted octanol–water partition coefficient (Wildman–Crippen LogP) is 2.84. The number of rotatable bonds is 6. The minimum atomic E-state index is -1.06. The van der Waals surface area contributed by atoms with Crippen molar-refractivity contribution in [3.8, 4) is 16.4 Å². The zero-order valence-electron chi connectivity index (χ0n) is 13.4. The molecule has 7 heteroatoms. The van der Waals surface area contributed by atoms with Crippen LogP contribution in [0.1, 0.15) is 17.5 Å². The largest absolute Gasteiger partial charge is 0.550 e. The van der Waals surface area contributed by atoms with E-state index in [9.17, 15) is 9.90 Å². The maximum atomic E-state index is 10.7. The molecular weight excluding hydrogens is 342 g/mol. The van der Waals surface area contributed by atoms with Gasteiger partial charge in [0.15, 0.2) is 11.0 Å². The molecule has 5 nitrogen and oxygen atoms in total. The van der Waals surface area contributed by atoms with E-state index in [-0.39, 0.29) is 6.42 Å². The molecule has 0 amide bonds. The lowest BCUT2D eigenvalue weighted by Crippen LogP contribution is -2.22. The Morgan fingerprint density at radius 3 is 2.79 bits per heavy atom. The van der Waals surface area contributed by atoms with Gasteiger partial charge in [0.2, 0.25) is 0 Å². The fraction of sp³-hybridized carbons (Fsp3) is 0.235. The molecule has 0 radical (unpaired) electrons. The first kappa shape index (κ1) is 16.7. The molecule has 0 aliphatic rings. The molecule has 0 fully saturated rings. The summed E-state index contributed by atoms with van der Waals surface area (Å²) in [5, 5.41) is 22.0. The molecule has 0 atom stereocenters. The highest BCUT2D eigenvalue weighted by Gasteiger charge is 2.18. The number of carbonyl (C=O) groups excluding carboxylic acids is 1. The van der Waals surface area contributed by atoms with Crippen molar-refractivity contribution in [3.05, 3.63) is 46.8 Å². The van der Waals surface area contributed by atoms with Crippen LogP contribution in [0.3, 0.4) is 0 Å². The van der Waals surface area contributed by atoms with Gasteiger partial charge in [-0.3, -0.25) is 4.57 Å². The van der Waals surface area contributed by atoms with Crippen molar-refractivity contribution in [2.75, 3.05) is 5.75 Å². The van der Waals surface area contributed by atoms with Crippen LogP contribution in [0, 0.1) is 13.8 Å². The Morgan fingerprint density at radius 1 is 1.25 bits per heavy atom. The van der Waals surface area contributed by atoms with Gasteiger partial charge in [0.05, 0.1) is 10.6 Å². The topological polar surface area (TPSA) is 70.8 Å². The van der Waals surface area contributed by atoms with Gasteiger partial charge in [0.1, 0.15) is 0 Å². The molecule has 0 saturated carbocycles. The first-order chi connectivity index (χ1) is 11.6. The van der Waals surface area contributed by atoms with Gasteiger partial charge in [-0.25, -0.2) is 0 Å². The number of aliphatic carboxylic acids is 1. The van der Waals surface area contributed by atoms with Crippen LogP contribution in [0.25, 0.3) is 16.4 Å². The summed E-state index contributed by atoms with van der Waals surface area (Å²) in [5.41, 5.74) is 3.35. The third-order valence-electron chi connectivity index (χ3n) is 3.73. The highest BCUT2D eigenvalue weighted by Crippen LogP contribution is 2.32.